The minimum Gasteiger partial charge on any atom is -0.384 e. The third-order valence-corrected chi connectivity index (χ3v) is 8.37. The van der Waals surface area contributed by atoms with Crippen molar-refractivity contribution in [3.05, 3.63) is 34.9 Å². The van der Waals surface area contributed by atoms with Gasteiger partial charge in [0.1, 0.15) is 11.4 Å². The molecule has 6 heteroatoms. The fraction of sp³-hybridized carbons (Fsp3) is 0.679. The van der Waals surface area contributed by atoms with Crippen molar-refractivity contribution in [1.82, 2.24) is 19.9 Å². The van der Waals surface area contributed by atoms with Gasteiger partial charge in [0.25, 0.3) is 5.91 Å². The van der Waals surface area contributed by atoms with Gasteiger partial charge in [0.05, 0.1) is 22.6 Å². The third kappa shape index (κ3) is 4.66. The molecule has 0 spiro atoms. The summed E-state index contributed by atoms with van der Waals surface area (Å²) in [6, 6.07) is 4.26. The van der Waals surface area contributed by atoms with Crippen LogP contribution in [0.4, 0.5) is 0 Å². The number of hydrogen-bond donors (Lipinski definition) is 2. The molecular weight excluding hydrogens is 424 g/mol. The van der Waals surface area contributed by atoms with Crippen LogP contribution in [0.5, 0.6) is 0 Å². The Bertz CT molecular complexity index is 1040. The van der Waals surface area contributed by atoms with E-state index in [9.17, 15) is 9.90 Å². The molecule has 2 N–H and O–H groups in total. The molecule has 0 saturated heterocycles. The highest BCUT2D eigenvalue weighted by Gasteiger charge is 2.43. The van der Waals surface area contributed by atoms with Gasteiger partial charge in [-0.05, 0) is 83.8 Å². The van der Waals surface area contributed by atoms with Crippen LogP contribution in [-0.2, 0) is 17.6 Å². The molecule has 0 aliphatic heterocycles. The Morgan fingerprint density at radius 1 is 1.12 bits per heavy atom. The maximum Gasteiger partial charge on any atom is 0.253 e. The molecule has 3 aliphatic rings. The number of nitrogens with zero attached hydrogens (tertiary/aromatic N) is 3. The van der Waals surface area contributed by atoms with E-state index in [4.69, 9.17) is 9.97 Å². The molecule has 2 aromatic rings. The predicted octanol–water partition coefficient (Wildman–Crippen LogP) is 5.40. The van der Waals surface area contributed by atoms with E-state index in [2.05, 4.69) is 23.7 Å². The molecule has 0 radical (unpaired) electrons. The highest BCUT2D eigenvalue weighted by molar-refractivity contribution is 5.97. The number of aromatic nitrogens is 3. The number of amides is 1. The van der Waals surface area contributed by atoms with Gasteiger partial charge in [-0.25, -0.2) is 9.97 Å². The van der Waals surface area contributed by atoms with Crippen LogP contribution in [0.15, 0.2) is 12.1 Å². The van der Waals surface area contributed by atoms with Gasteiger partial charge >= 0.3 is 0 Å². The minimum absolute atomic E-state index is 0.0176. The first-order valence-corrected chi connectivity index (χ1v) is 13.3. The van der Waals surface area contributed by atoms with Gasteiger partial charge in [-0.2, -0.15) is 0 Å². The van der Waals surface area contributed by atoms with Crippen molar-refractivity contribution in [2.45, 2.75) is 116 Å². The smallest absolute Gasteiger partial charge is 0.253 e. The van der Waals surface area contributed by atoms with E-state index in [1.165, 1.54) is 38.5 Å². The fourth-order valence-corrected chi connectivity index (χ4v) is 5.34. The SMILES string of the molecule is Cc1c(C(=O)NC2CCC2)cc(-c2cc(C(C)(C)O)nc(C3(C)CC3)n2)n1CC1CCCCC1. The molecule has 0 unspecified atom stereocenters. The van der Waals surface area contributed by atoms with E-state index < -0.39 is 5.60 Å². The van der Waals surface area contributed by atoms with Crippen molar-refractivity contribution < 1.29 is 9.90 Å². The van der Waals surface area contributed by atoms with Gasteiger partial charge < -0.3 is 15.0 Å². The lowest BCUT2D eigenvalue weighted by Crippen LogP contribution is -2.39. The van der Waals surface area contributed by atoms with Crippen LogP contribution < -0.4 is 5.32 Å². The van der Waals surface area contributed by atoms with E-state index in [-0.39, 0.29) is 11.3 Å². The first-order chi connectivity index (χ1) is 16.1. The number of nitrogens with one attached hydrogen (secondary N) is 1. The Morgan fingerprint density at radius 3 is 2.41 bits per heavy atom. The van der Waals surface area contributed by atoms with Crippen molar-refractivity contribution in [2.75, 3.05) is 0 Å². The molecule has 2 heterocycles. The Kier molecular flexibility index (Phi) is 6.07. The average molecular weight is 465 g/mol. The molecule has 6 nitrogen and oxygen atoms in total. The lowest BCUT2D eigenvalue weighted by molar-refractivity contribution is 0.0733. The molecule has 5 rings (SSSR count). The Hall–Kier alpha value is -2.21. The third-order valence-electron chi connectivity index (χ3n) is 8.37. The maximum atomic E-state index is 13.2. The Balaban J connectivity index is 1.58. The van der Waals surface area contributed by atoms with Crippen LogP contribution in [0, 0.1) is 12.8 Å². The largest absolute Gasteiger partial charge is 0.384 e. The zero-order valence-corrected chi connectivity index (χ0v) is 21.3. The van der Waals surface area contributed by atoms with Crippen LogP contribution in [0.25, 0.3) is 11.4 Å². The van der Waals surface area contributed by atoms with Crippen LogP contribution in [0.3, 0.4) is 0 Å². The van der Waals surface area contributed by atoms with Crippen LogP contribution in [0.2, 0.25) is 0 Å². The molecule has 34 heavy (non-hydrogen) atoms. The zero-order chi connectivity index (χ0) is 24.1. The molecule has 2 aromatic heterocycles. The normalized spacial score (nSPS) is 20.7. The van der Waals surface area contributed by atoms with Gasteiger partial charge in [0.15, 0.2) is 0 Å². The highest BCUT2D eigenvalue weighted by Crippen LogP contribution is 2.47. The van der Waals surface area contributed by atoms with Crippen molar-refractivity contribution in [1.29, 1.82) is 0 Å². The number of hydrogen-bond acceptors (Lipinski definition) is 4. The van der Waals surface area contributed by atoms with Crippen molar-refractivity contribution in [3.63, 3.8) is 0 Å². The summed E-state index contributed by atoms with van der Waals surface area (Å²) in [6.45, 7) is 8.74. The van der Waals surface area contributed by atoms with Crippen molar-refractivity contribution >= 4 is 5.91 Å². The van der Waals surface area contributed by atoms with Gasteiger partial charge in [0.2, 0.25) is 0 Å². The maximum absolute atomic E-state index is 13.2. The standard InChI is InChI=1S/C28H40N4O2/c1-18-21(25(33)29-20-11-8-12-20)15-23(32(18)17-19-9-6-5-7-10-19)22-16-24(27(2,3)34)31-26(30-22)28(4)13-14-28/h15-16,19-20,34H,5-14,17H2,1-4H3,(H,29,33). The molecule has 0 aromatic carbocycles. The summed E-state index contributed by atoms with van der Waals surface area (Å²) in [6.07, 6.45) is 11.9. The average Bonchev–Trinajstić information content (AvgIpc) is 3.45. The van der Waals surface area contributed by atoms with Crippen molar-refractivity contribution in [2.24, 2.45) is 5.92 Å². The molecule has 3 saturated carbocycles. The molecule has 3 fully saturated rings. The van der Waals surface area contributed by atoms with Crippen LogP contribution in [-0.4, -0.2) is 31.6 Å². The topological polar surface area (TPSA) is 80.0 Å². The van der Waals surface area contributed by atoms with Crippen LogP contribution >= 0.6 is 0 Å². The Labute approximate surface area is 203 Å². The monoisotopic (exact) mass is 464 g/mol. The second kappa shape index (κ2) is 8.78. The predicted molar refractivity (Wildman–Crippen MR) is 134 cm³/mol. The number of carbonyl (C=O) groups excluding carboxylic acids is 1. The molecule has 1 amide bonds. The van der Waals surface area contributed by atoms with Crippen LogP contribution in [0.1, 0.15) is 113 Å². The first kappa shape index (κ1) is 23.5. The van der Waals surface area contributed by atoms with E-state index in [0.29, 0.717) is 17.7 Å². The van der Waals surface area contributed by atoms with E-state index >= 15 is 0 Å². The van der Waals surface area contributed by atoms with Gasteiger partial charge in [-0.3, -0.25) is 4.79 Å². The highest BCUT2D eigenvalue weighted by atomic mass is 16.3. The quantitative estimate of drug-likeness (QED) is 0.575. The number of carbonyl (C=O) groups is 1. The minimum atomic E-state index is -1.06. The lowest BCUT2D eigenvalue weighted by Gasteiger charge is -2.26. The lowest BCUT2D eigenvalue weighted by atomic mass is 9.89. The Morgan fingerprint density at radius 2 is 1.82 bits per heavy atom. The summed E-state index contributed by atoms with van der Waals surface area (Å²) in [5.74, 6) is 1.46. The second-order valence-corrected chi connectivity index (χ2v) is 11.8. The van der Waals surface area contributed by atoms with Gasteiger partial charge in [-0.15, -0.1) is 0 Å². The molecular formula is C28H40N4O2. The molecule has 3 aliphatic carbocycles. The van der Waals surface area contributed by atoms with E-state index in [1.54, 1.807) is 13.8 Å². The van der Waals surface area contributed by atoms with Gasteiger partial charge in [0, 0.05) is 23.7 Å². The zero-order valence-electron chi connectivity index (χ0n) is 21.3. The summed E-state index contributed by atoms with van der Waals surface area (Å²) in [4.78, 5) is 23.0. The molecule has 0 atom stereocenters. The van der Waals surface area contributed by atoms with Gasteiger partial charge in [-0.1, -0.05) is 26.2 Å². The first-order valence-electron chi connectivity index (χ1n) is 13.3. The summed E-state index contributed by atoms with van der Waals surface area (Å²) in [5.41, 5.74) is 3.12. The summed E-state index contributed by atoms with van der Waals surface area (Å²) in [5, 5.41) is 14.0. The summed E-state index contributed by atoms with van der Waals surface area (Å²) < 4.78 is 2.32. The second-order valence-electron chi connectivity index (χ2n) is 11.8. The summed E-state index contributed by atoms with van der Waals surface area (Å²) >= 11 is 0. The molecule has 0 bridgehead atoms. The van der Waals surface area contributed by atoms with Crippen molar-refractivity contribution in [3.8, 4) is 11.4 Å². The summed E-state index contributed by atoms with van der Waals surface area (Å²) in [7, 11) is 0. The number of aliphatic hydroxyl groups is 1. The van der Waals surface area contributed by atoms with E-state index in [0.717, 1.165) is 60.7 Å². The van der Waals surface area contributed by atoms with E-state index in [1.807, 2.05) is 12.1 Å². The molecule has 184 valence electrons. The fourth-order valence-electron chi connectivity index (χ4n) is 5.34. The number of rotatable bonds is 7.